The van der Waals surface area contributed by atoms with E-state index < -0.39 is 0 Å². The van der Waals surface area contributed by atoms with Crippen LogP contribution in [0, 0.1) is 17.3 Å². The van der Waals surface area contributed by atoms with Gasteiger partial charge < -0.3 is 4.90 Å². The Morgan fingerprint density at radius 3 is 2.65 bits per heavy atom. The molecule has 1 aliphatic heterocycles. The van der Waals surface area contributed by atoms with Crippen molar-refractivity contribution in [3.05, 3.63) is 42.1 Å². The number of hydrogen-bond acceptors (Lipinski definition) is 1. The molecule has 1 saturated heterocycles. The molecule has 2 unspecified atom stereocenters. The van der Waals surface area contributed by atoms with E-state index >= 15 is 0 Å². The first kappa shape index (κ1) is 16.6. The Kier molecular flexibility index (Phi) is 4.85. The van der Waals surface area contributed by atoms with E-state index in [2.05, 4.69) is 56.5 Å². The number of rotatable bonds is 6. The molecular formula is C22H33N. The first-order valence-electron chi connectivity index (χ1n) is 9.60. The monoisotopic (exact) mass is 311 g/mol. The van der Waals surface area contributed by atoms with E-state index in [1.807, 2.05) is 0 Å². The van der Waals surface area contributed by atoms with Crippen molar-refractivity contribution in [2.45, 2.75) is 65.7 Å². The van der Waals surface area contributed by atoms with Gasteiger partial charge in [-0.2, -0.15) is 0 Å². The molecule has 2 fully saturated rings. The summed E-state index contributed by atoms with van der Waals surface area (Å²) in [6.45, 7) is 12.7. The average Bonchev–Trinajstić information content (AvgIpc) is 3.36. The Hall–Kier alpha value is -1.24. The molecular weight excluding hydrogens is 278 g/mol. The highest BCUT2D eigenvalue weighted by Crippen LogP contribution is 2.57. The van der Waals surface area contributed by atoms with Crippen LogP contribution in [-0.2, 0) is 6.42 Å². The minimum absolute atomic E-state index is 0.665. The number of piperidine rings is 1. The van der Waals surface area contributed by atoms with Crippen molar-refractivity contribution in [2.24, 2.45) is 17.3 Å². The molecule has 0 N–H and O–H groups in total. The summed E-state index contributed by atoms with van der Waals surface area (Å²) in [5, 5.41) is 0. The zero-order chi connectivity index (χ0) is 16.4. The number of allylic oxidation sites excluding steroid dienone is 1. The molecule has 1 aromatic rings. The minimum atomic E-state index is 0.665. The number of nitrogens with zero attached hydrogens (tertiary/aromatic N) is 1. The molecule has 1 heteroatoms. The fourth-order valence-corrected chi connectivity index (χ4v) is 4.50. The van der Waals surface area contributed by atoms with Gasteiger partial charge in [-0.1, -0.05) is 45.9 Å². The highest BCUT2D eigenvalue weighted by molar-refractivity contribution is 5.53. The maximum atomic E-state index is 4.27. The van der Waals surface area contributed by atoms with E-state index in [4.69, 9.17) is 0 Å². The average molecular weight is 312 g/mol. The molecule has 126 valence electrons. The predicted molar refractivity (Wildman–Crippen MR) is 101 cm³/mol. The van der Waals surface area contributed by atoms with Gasteiger partial charge in [0.2, 0.25) is 0 Å². The third-order valence-electron chi connectivity index (χ3n) is 6.67. The second kappa shape index (κ2) is 6.71. The van der Waals surface area contributed by atoms with Gasteiger partial charge in [-0.25, -0.2) is 0 Å². The van der Waals surface area contributed by atoms with Gasteiger partial charge in [-0.3, -0.25) is 0 Å². The standard InChI is InChI=1S/C22H33N/c1-5-22(12-13-22)19(4)17(2)15-20-10-8-11-21(16-20)23-14-7-6-9-18(23)3/h8,10-11,16-17,19H,3,5-7,9,12-15H2,1-2,4H3. The van der Waals surface area contributed by atoms with Crippen molar-refractivity contribution >= 4 is 5.69 Å². The van der Waals surface area contributed by atoms with Crippen LogP contribution in [-0.4, -0.2) is 6.54 Å². The lowest BCUT2D eigenvalue weighted by atomic mass is 9.77. The molecule has 0 aromatic heterocycles. The van der Waals surface area contributed by atoms with Crippen LogP contribution in [0.1, 0.15) is 64.9 Å². The summed E-state index contributed by atoms with van der Waals surface area (Å²) < 4.78 is 0. The highest BCUT2D eigenvalue weighted by Gasteiger charge is 2.46. The Morgan fingerprint density at radius 2 is 2.00 bits per heavy atom. The third kappa shape index (κ3) is 3.49. The summed E-state index contributed by atoms with van der Waals surface area (Å²) >= 11 is 0. The summed E-state index contributed by atoms with van der Waals surface area (Å²) in [5.41, 5.74) is 4.80. The predicted octanol–water partition coefficient (Wildman–Crippen LogP) is 6.20. The van der Waals surface area contributed by atoms with Crippen LogP contribution in [0.2, 0.25) is 0 Å². The van der Waals surface area contributed by atoms with E-state index in [-0.39, 0.29) is 0 Å². The zero-order valence-electron chi connectivity index (χ0n) is 15.3. The summed E-state index contributed by atoms with van der Waals surface area (Å²) in [4.78, 5) is 2.43. The van der Waals surface area contributed by atoms with Gasteiger partial charge in [0.05, 0.1) is 0 Å². The lowest BCUT2D eigenvalue weighted by Crippen LogP contribution is -2.27. The maximum absolute atomic E-state index is 4.27. The van der Waals surface area contributed by atoms with E-state index in [9.17, 15) is 0 Å². The summed E-state index contributed by atoms with van der Waals surface area (Å²) in [6.07, 6.45) is 9.18. The van der Waals surface area contributed by atoms with E-state index in [0.29, 0.717) is 5.41 Å². The van der Waals surface area contributed by atoms with Crippen LogP contribution in [0.5, 0.6) is 0 Å². The molecule has 23 heavy (non-hydrogen) atoms. The molecule has 2 aliphatic rings. The molecule has 1 aliphatic carbocycles. The number of hydrogen-bond donors (Lipinski definition) is 0. The van der Waals surface area contributed by atoms with Gasteiger partial charge in [-0.15, -0.1) is 0 Å². The fraction of sp³-hybridized carbons (Fsp3) is 0.636. The zero-order valence-corrected chi connectivity index (χ0v) is 15.3. The van der Waals surface area contributed by atoms with Crippen LogP contribution < -0.4 is 4.90 Å². The lowest BCUT2D eigenvalue weighted by molar-refractivity contribution is 0.231. The highest BCUT2D eigenvalue weighted by atomic mass is 15.1. The molecule has 1 saturated carbocycles. The smallest absolute Gasteiger partial charge is 0.0410 e. The maximum Gasteiger partial charge on any atom is 0.0410 e. The van der Waals surface area contributed by atoms with E-state index in [0.717, 1.165) is 24.8 Å². The molecule has 2 atom stereocenters. The van der Waals surface area contributed by atoms with Gasteiger partial charge >= 0.3 is 0 Å². The molecule has 1 aromatic carbocycles. The Bertz CT molecular complexity index is 555. The molecule has 0 bridgehead atoms. The van der Waals surface area contributed by atoms with Crippen LogP contribution >= 0.6 is 0 Å². The molecule has 0 radical (unpaired) electrons. The van der Waals surface area contributed by atoms with Crippen LogP contribution in [0.4, 0.5) is 5.69 Å². The Labute approximate surface area is 142 Å². The van der Waals surface area contributed by atoms with Crippen LogP contribution in [0.15, 0.2) is 36.5 Å². The van der Waals surface area contributed by atoms with Gasteiger partial charge in [0, 0.05) is 17.9 Å². The van der Waals surface area contributed by atoms with Crippen molar-refractivity contribution in [1.82, 2.24) is 0 Å². The number of anilines is 1. The summed E-state index contributed by atoms with van der Waals surface area (Å²) in [7, 11) is 0. The summed E-state index contributed by atoms with van der Waals surface area (Å²) in [5.74, 6) is 1.60. The third-order valence-corrected chi connectivity index (χ3v) is 6.67. The molecule has 0 amide bonds. The Balaban J connectivity index is 1.69. The topological polar surface area (TPSA) is 3.24 Å². The van der Waals surface area contributed by atoms with Crippen LogP contribution in [0.3, 0.4) is 0 Å². The summed E-state index contributed by atoms with van der Waals surface area (Å²) in [6, 6.07) is 9.20. The largest absolute Gasteiger partial charge is 0.346 e. The first-order chi connectivity index (χ1) is 11.1. The fourth-order valence-electron chi connectivity index (χ4n) is 4.50. The van der Waals surface area contributed by atoms with Gasteiger partial charge in [0.1, 0.15) is 0 Å². The lowest BCUT2D eigenvalue weighted by Gasteiger charge is -2.32. The molecule has 0 spiro atoms. The quantitative estimate of drug-likeness (QED) is 0.605. The van der Waals surface area contributed by atoms with Gasteiger partial charge in [0.25, 0.3) is 0 Å². The molecule has 1 nitrogen and oxygen atoms in total. The first-order valence-corrected chi connectivity index (χ1v) is 9.60. The minimum Gasteiger partial charge on any atom is -0.346 e. The number of benzene rings is 1. The molecule has 3 rings (SSSR count). The van der Waals surface area contributed by atoms with E-state index in [1.54, 1.807) is 0 Å². The van der Waals surface area contributed by atoms with Crippen molar-refractivity contribution in [3.63, 3.8) is 0 Å². The van der Waals surface area contributed by atoms with Crippen molar-refractivity contribution in [1.29, 1.82) is 0 Å². The normalized spacial score (nSPS) is 22.7. The van der Waals surface area contributed by atoms with E-state index in [1.165, 1.54) is 55.5 Å². The second-order valence-corrected chi connectivity index (χ2v) is 8.03. The molecule has 1 heterocycles. The van der Waals surface area contributed by atoms with Crippen molar-refractivity contribution < 1.29 is 0 Å². The SMILES string of the molecule is C=C1CCCCN1c1cccc(CC(C)C(C)C2(CC)CC2)c1. The van der Waals surface area contributed by atoms with Crippen molar-refractivity contribution in [3.8, 4) is 0 Å². The second-order valence-electron chi connectivity index (χ2n) is 8.03. The Morgan fingerprint density at radius 1 is 1.22 bits per heavy atom. The van der Waals surface area contributed by atoms with Gasteiger partial charge in [-0.05, 0) is 73.5 Å². The van der Waals surface area contributed by atoms with Crippen LogP contribution in [0.25, 0.3) is 0 Å². The van der Waals surface area contributed by atoms with Gasteiger partial charge in [0.15, 0.2) is 0 Å². The van der Waals surface area contributed by atoms with Crippen molar-refractivity contribution in [2.75, 3.05) is 11.4 Å².